The maximum Gasteiger partial charge on any atom is 0.0437 e. The number of aryl methyl sites for hydroxylation is 1. The zero-order chi connectivity index (χ0) is 10.0. The topological polar surface area (TPSA) is 26.0 Å². The van der Waals surface area contributed by atoms with Crippen LogP contribution in [0.15, 0.2) is 24.3 Å². The van der Waals surface area contributed by atoms with E-state index < -0.39 is 0 Å². The van der Waals surface area contributed by atoms with E-state index >= 15 is 0 Å². The molecule has 0 spiro atoms. The van der Waals surface area contributed by atoms with Gasteiger partial charge in [-0.25, -0.2) is 0 Å². The zero-order valence-corrected chi connectivity index (χ0v) is 9.06. The second-order valence-corrected chi connectivity index (χ2v) is 4.70. The van der Waals surface area contributed by atoms with Crippen molar-refractivity contribution in [1.29, 1.82) is 0 Å². The lowest BCUT2D eigenvalue weighted by Gasteiger charge is -2.12. The fourth-order valence-electron chi connectivity index (χ4n) is 1.83. The normalized spacial score (nSPS) is 18.1. The highest BCUT2D eigenvalue weighted by molar-refractivity contribution is 6.31. The minimum Gasteiger partial charge on any atom is -0.330 e. The van der Waals surface area contributed by atoms with Crippen LogP contribution in [-0.4, -0.2) is 6.54 Å². The van der Waals surface area contributed by atoms with Gasteiger partial charge in [-0.05, 0) is 49.3 Å². The predicted molar refractivity (Wildman–Crippen MR) is 60.5 cm³/mol. The molecule has 1 saturated carbocycles. The molecule has 1 fully saturated rings. The first-order valence-corrected chi connectivity index (χ1v) is 5.57. The number of nitrogens with two attached hydrogens (primary N) is 1. The fourth-order valence-corrected chi connectivity index (χ4v) is 2.06. The quantitative estimate of drug-likeness (QED) is 0.811. The molecular weight excluding hydrogens is 194 g/mol. The lowest BCUT2D eigenvalue weighted by atomic mass is 9.97. The van der Waals surface area contributed by atoms with Gasteiger partial charge in [-0.3, -0.25) is 0 Å². The van der Waals surface area contributed by atoms with Crippen molar-refractivity contribution in [2.75, 3.05) is 6.54 Å². The van der Waals surface area contributed by atoms with Crippen molar-refractivity contribution in [3.05, 3.63) is 34.9 Å². The average Bonchev–Trinajstić information content (AvgIpc) is 2.98. The first-order chi connectivity index (χ1) is 6.76. The zero-order valence-electron chi connectivity index (χ0n) is 8.30. The molecule has 2 rings (SSSR count). The average molecular weight is 210 g/mol. The van der Waals surface area contributed by atoms with Gasteiger partial charge >= 0.3 is 0 Å². The van der Waals surface area contributed by atoms with E-state index in [4.69, 9.17) is 17.3 Å². The minimum absolute atomic E-state index is 0.458. The Balaban J connectivity index is 1.95. The molecule has 0 unspecified atom stereocenters. The van der Waals surface area contributed by atoms with E-state index in [1.165, 1.54) is 24.8 Å². The molecule has 76 valence electrons. The molecule has 0 amide bonds. The molecule has 14 heavy (non-hydrogen) atoms. The lowest BCUT2D eigenvalue weighted by Crippen LogP contribution is -2.16. The third kappa shape index (κ3) is 2.10. The highest BCUT2D eigenvalue weighted by atomic mass is 35.5. The first kappa shape index (κ1) is 10.0. The van der Waals surface area contributed by atoms with Crippen LogP contribution >= 0.6 is 11.6 Å². The van der Waals surface area contributed by atoms with Crippen molar-refractivity contribution < 1.29 is 0 Å². The molecule has 1 nitrogen and oxygen atoms in total. The molecule has 2 N–H and O–H groups in total. The molecule has 0 saturated heterocycles. The van der Waals surface area contributed by atoms with Crippen LogP contribution in [0.5, 0.6) is 0 Å². The summed E-state index contributed by atoms with van der Waals surface area (Å²) in [7, 11) is 0. The fraction of sp³-hybridized carbons (Fsp3) is 0.500. The Hall–Kier alpha value is -0.530. The molecule has 2 heteroatoms. The van der Waals surface area contributed by atoms with Crippen molar-refractivity contribution in [2.45, 2.75) is 25.7 Å². The number of halogens is 1. The van der Waals surface area contributed by atoms with Gasteiger partial charge in [0.25, 0.3) is 0 Å². The predicted octanol–water partition coefficient (Wildman–Crippen LogP) is 3.01. The van der Waals surface area contributed by atoms with Gasteiger partial charge < -0.3 is 5.73 Å². The smallest absolute Gasteiger partial charge is 0.0437 e. The molecule has 0 aliphatic heterocycles. The van der Waals surface area contributed by atoms with E-state index in [1.54, 1.807) is 0 Å². The number of hydrogen-bond acceptors (Lipinski definition) is 1. The SMILES string of the molecule is NCC1(CCc2ccccc2Cl)CC1. The van der Waals surface area contributed by atoms with Gasteiger partial charge in [0, 0.05) is 5.02 Å². The van der Waals surface area contributed by atoms with Gasteiger partial charge in [0.05, 0.1) is 0 Å². The number of rotatable bonds is 4. The summed E-state index contributed by atoms with van der Waals surface area (Å²) in [4.78, 5) is 0. The van der Waals surface area contributed by atoms with Crippen LogP contribution in [0.3, 0.4) is 0 Å². The van der Waals surface area contributed by atoms with E-state index in [1.807, 2.05) is 18.2 Å². The Labute approximate surface area is 90.3 Å². The monoisotopic (exact) mass is 209 g/mol. The van der Waals surface area contributed by atoms with E-state index in [0.717, 1.165) is 18.0 Å². The second-order valence-electron chi connectivity index (χ2n) is 4.30. The summed E-state index contributed by atoms with van der Waals surface area (Å²) in [6.07, 6.45) is 4.85. The Morgan fingerprint density at radius 2 is 2.00 bits per heavy atom. The number of hydrogen-bond donors (Lipinski definition) is 1. The molecule has 0 bridgehead atoms. The van der Waals surface area contributed by atoms with Crippen molar-refractivity contribution >= 4 is 11.6 Å². The van der Waals surface area contributed by atoms with Crippen LogP contribution in [0.25, 0.3) is 0 Å². The molecule has 0 atom stereocenters. The lowest BCUT2D eigenvalue weighted by molar-refractivity contribution is 0.479. The summed E-state index contributed by atoms with van der Waals surface area (Å²) in [5.41, 5.74) is 7.45. The molecular formula is C12H16ClN. The highest BCUT2D eigenvalue weighted by Gasteiger charge is 2.40. The molecule has 0 aromatic heterocycles. The summed E-state index contributed by atoms with van der Waals surface area (Å²) in [5, 5.41) is 0.889. The molecule has 1 aliphatic carbocycles. The molecule has 1 aliphatic rings. The Kier molecular flexibility index (Phi) is 2.80. The minimum atomic E-state index is 0.458. The van der Waals surface area contributed by atoms with E-state index in [0.29, 0.717) is 5.41 Å². The summed E-state index contributed by atoms with van der Waals surface area (Å²) < 4.78 is 0. The van der Waals surface area contributed by atoms with Crippen molar-refractivity contribution in [1.82, 2.24) is 0 Å². The van der Waals surface area contributed by atoms with E-state index in [-0.39, 0.29) is 0 Å². The van der Waals surface area contributed by atoms with Gasteiger partial charge in [-0.1, -0.05) is 29.8 Å². The Morgan fingerprint density at radius 1 is 1.29 bits per heavy atom. The van der Waals surface area contributed by atoms with Gasteiger partial charge in [0.15, 0.2) is 0 Å². The van der Waals surface area contributed by atoms with Crippen LogP contribution in [0, 0.1) is 5.41 Å². The number of benzene rings is 1. The van der Waals surface area contributed by atoms with Crippen LogP contribution in [-0.2, 0) is 6.42 Å². The summed E-state index contributed by atoms with van der Waals surface area (Å²) in [5.74, 6) is 0. The first-order valence-electron chi connectivity index (χ1n) is 5.19. The summed E-state index contributed by atoms with van der Waals surface area (Å²) >= 11 is 6.09. The summed E-state index contributed by atoms with van der Waals surface area (Å²) in [6, 6.07) is 8.08. The van der Waals surface area contributed by atoms with Crippen molar-refractivity contribution in [3.8, 4) is 0 Å². The standard InChI is InChI=1S/C12H16ClN/c13-11-4-2-1-3-10(11)5-6-12(9-14)7-8-12/h1-4H,5-9,14H2. The largest absolute Gasteiger partial charge is 0.330 e. The highest BCUT2D eigenvalue weighted by Crippen LogP contribution is 2.48. The molecule has 1 aromatic carbocycles. The molecule has 1 aromatic rings. The van der Waals surface area contributed by atoms with Crippen LogP contribution in [0.4, 0.5) is 0 Å². The van der Waals surface area contributed by atoms with Gasteiger partial charge in [0.1, 0.15) is 0 Å². The molecule has 0 radical (unpaired) electrons. The third-order valence-electron chi connectivity index (χ3n) is 3.27. The molecule has 0 heterocycles. The van der Waals surface area contributed by atoms with Crippen LogP contribution < -0.4 is 5.73 Å². The van der Waals surface area contributed by atoms with Gasteiger partial charge in [0.2, 0.25) is 0 Å². The maximum absolute atomic E-state index is 6.09. The summed E-state index contributed by atoms with van der Waals surface area (Å²) in [6.45, 7) is 0.831. The second kappa shape index (κ2) is 3.92. The Morgan fingerprint density at radius 3 is 2.57 bits per heavy atom. The van der Waals surface area contributed by atoms with Gasteiger partial charge in [-0.15, -0.1) is 0 Å². The van der Waals surface area contributed by atoms with E-state index in [2.05, 4.69) is 6.07 Å². The maximum atomic E-state index is 6.09. The Bertz CT molecular complexity index is 318. The third-order valence-corrected chi connectivity index (χ3v) is 3.64. The van der Waals surface area contributed by atoms with Crippen molar-refractivity contribution in [2.24, 2.45) is 11.1 Å². The van der Waals surface area contributed by atoms with Crippen LogP contribution in [0.2, 0.25) is 5.02 Å². The van der Waals surface area contributed by atoms with Crippen LogP contribution in [0.1, 0.15) is 24.8 Å². The van der Waals surface area contributed by atoms with Crippen molar-refractivity contribution in [3.63, 3.8) is 0 Å². The van der Waals surface area contributed by atoms with E-state index in [9.17, 15) is 0 Å². The van der Waals surface area contributed by atoms with Gasteiger partial charge in [-0.2, -0.15) is 0 Å².